The summed E-state index contributed by atoms with van der Waals surface area (Å²) in [5.74, 6) is -0.271. The molecule has 1 atom stereocenters. The lowest BCUT2D eigenvalue weighted by Crippen LogP contribution is -2.23. The molecule has 1 aromatic carbocycles. The Morgan fingerprint density at radius 1 is 1.11 bits per heavy atom. The molecule has 1 amide bonds. The van der Waals surface area contributed by atoms with Crippen molar-refractivity contribution in [3.8, 4) is 5.75 Å². The summed E-state index contributed by atoms with van der Waals surface area (Å²) in [4.78, 5) is 37.1. The molecule has 1 aromatic heterocycles. The lowest BCUT2D eigenvalue weighted by molar-refractivity contribution is -0.119. The van der Waals surface area contributed by atoms with E-state index in [1.807, 2.05) is 0 Å². The molecule has 0 fully saturated rings. The SMILES string of the molecule is CCCCOc1ccc(C(=O)OC(C)C(=O)c2ccc(CNC(C)=O)s2)cc1. The van der Waals surface area contributed by atoms with E-state index in [0.717, 1.165) is 17.7 Å². The molecule has 150 valence electrons. The van der Waals surface area contributed by atoms with E-state index in [1.54, 1.807) is 43.3 Å². The summed E-state index contributed by atoms with van der Waals surface area (Å²) in [6.45, 7) is 6.08. The first kappa shape index (κ1) is 21.6. The van der Waals surface area contributed by atoms with Crippen LogP contribution in [0.15, 0.2) is 36.4 Å². The van der Waals surface area contributed by atoms with E-state index < -0.39 is 12.1 Å². The molecule has 7 heteroatoms. The van der Waals surface area contributed by atoms with Gasteiger partial charge in [0.15, 0.2) is 6.10 Å². The molecule has 0 bridgehead atoms. The second-order valence-electron chi connectivity index (χ2n) is 6.31. The van der Waals surface area contributed by atoms with Crippen LogP contribution in [0.25, 0.3) is 0 Å². The lowest BCUT2D eigenvalue weighted by atomic mass is 10.2. The van der Waals surface area contributed by atoms with Crippen molar-refractivity contribution in [2.75, 3.05) is 6.61 Å². The number of rotatable bonds is 10. The number of thiophene rings is 1. The topological polar surface area (TPSA) is 81.7 Å². The van der Waals surface area contributed by atoms with Crippen LogP contribution >= 0.6 is 11.3 Å². The number of ether oxygens (including phenoxy) is 2. The first-order valence-corrected chi connectivity index (χ1v) is 10.0. The molecule has 1 N–H and O–H groups in total. The van der Waals surface area contributed by atoms with Gasteiger partial charge in [-0.05, 0) is 49.7 Å². The Balaban J connectivity index is 1.90. The van der Waals surface area contributed by atoms with Crippen LogP contribution in [0, 0.1) is 0 Å². The van der Waals surface area contributed by atoms with Crippen molar-refractivity contribution in [3.05, 3.63) is 51.7 Å². The van der Waals surface area contributed by atoms with Gasteiger partial charge in [0.1, 0.15) is 5.75 Å². The third-order valence-corrected chi connectivity index (χ3v) is 5.03. The highest BCUT2D eigenvalue weighted by atomic mass is 32.1. The number of ketones is 1. The number of esters is 1. The van der Waals surface area contributed by atoms with Crippen LogP contribution in [-0.4, -0.2) is 30.4 Å². The smallest absolute Gasteiger partial charge is 0.338 e. The van der Waals surface area contributed by atoms with Crippen LogP contribution in [0.1, 0.15) is 58.5 Å². The maximum absolute atomic E-state index is 12.5. The van der Waals surface area contributed by atoms with Crippen LogP contribution in [0.4, 0.5) is 0 Å². The Bertz CT molecular complexity index is 812. The number of Topliss-reactive ketones (excluding diaryl/α,β-unsaturated/α-hetero) is 1. The minimum absolute atomic E-state index is 0.134. The fourth-order valence-corrected chi connectivity index (χ4v) is 3.29. The summed E-state index contributed by atoms with van der Waals surface area (Å²) >= 11 is 1.27. The molecule has 0 radical (unpaired) electrons. The predicted molar refractivity (Wildman–Crippen MR) is 108 cm³/mol. The van der Waals surface area contributed by atoms with Gasteiger partial charge in [0.05, 0.1) is 23.6 Å². The first-order valence-electron chi connectivity index (χ1n) is 9.22. The number of unbranched alkanes of at least 4 members (excludes halogenated alkanes) is 1. The standard InChI is InChI=1S/C21H25NO5S/c1-4-5-12-26-17-8-6-16(7-9-17)21(25)27-14(2)20(24)19-11-10-18(28-19)13-22-15(3)23/h6-11,14H,4-5,12-13H2,1-3H3,(H,22,23). The van der Waals surface area contributed by atoms with Gasteiger partial charge in [-0.15, -0.1) is 11.3 Å². The number of hydrogen-bond donors (Lipinski definition) is 1. The van der Waals surface area contributed by atoms with E-state index in [0.29, 0.717) is 29.3 Å². The van der Waals surface area contributed by atoms with Crippen LogP contribution < -0.4 is 10.1 Å². The van der Waals surface area contributed by atoms with E-state index in [2.05, 4.69) is 12.2 Å². The van der Waals surface area contributed by atoms with Crippen molar-refractivity contribution in [1.29, 1.82) is 0 Å². The van der Waals surface area contributed by atoms with Gasteiger partial charge < -0.3 is 14.8 Å². The molecule has 0 spiro atoms. The molecular formula is C21H25NO5S. The van der Waals surface area contributed by atoms with Gasteiger partial charge in [-0.3, -0.25) is 9.59 Å². The molecule has 1 heterocycles. The quantitative estimate of drug-likeness (QED) is 0.368. The molecule has 2 rings (SSSR count). The van der Waals surface area contributed by atoms with Crippen molar-refractivity contribution < 1.29 is 23.9 Å². The molecule has 0 saturated carbocycles. The van der Waals surface area contributed by atoms with E-state index in [9.17, 15) is 14.4 Å². The Morgan fingerprint density at radius 3 is 2.46 bits per heavy atom. The van der Waals surface area contributed by atoms with Crippen LogP contribution in [0.3, 0.4) is 0 Å². The van der Waals surface area contributed by atoms with Crippen molar-refractivity contribution in [2.24, 2.45) is 0 Å². The summed E-state index contributed by atoms with van der Waals surface area (Å²) in [6, 6.07) is 10.1. The fraction of sp³-hybridized carbons (Fsp3) is 0.381. The number of carbonyl (C=O) groups is 3. The zero-order chi connectivity index (χ0) is 20.5. The summed E-state index contributed by atoms with van der Waals surface area (Å²) in [7, 11) is 0. The van der Waals surface area contributed by atoms with Crippen LogP contribution in [0.2, 0.25) is 0 Å². The number of carbonyl (C=O) groups excluding carboxylic acids is 3. The Kier molecular flexibility index (Phi) is 8.19. The second kappa shape index (κ2) is 10.6. The molecule has 0 aliphatic rings. The Labute approximate surface area is 168 Å². The molecule has 2 aromatic rings. The van der Waals surface area contributed by atoms with Crippen molar-refractivity contribution in [2.45, 2.75) is 46.3 Å². The van der Waals surface area contributed by atoms with Crippen LogP contribution in [-0.2, 0) is 16.1 Å². The average molecular weight is 404 g/mol. The summed E-state index contributed by atoms with van der Waals surface area (Å²) in [6.07, 6.45) is 1.12. The number of amides is 1. The Hall–Kier alpha value is -2.67. The van der Waals surface area contributed by atoms with Gasteiger partial charge >= 0.3 is 5.97 Å². The molecular weight excluding hydrogens is 378 g/mol. The highest BCUT2D eigenvalue weighted by molar-refractivity contribution is 7.14. The zero-order valence-corrected chi connectivity index (χ0v) is 17.1. The van der Waals surface area contributed by atoms with Gasteiger partial charge in [0, 0.05) is 11.8 Å². The Morgan fingerprint density at radius 2 is 1.82 bits per heavy atom. The van der Waals surface area contributed by atoms with Gasteiger partial charge in [-0.2, -0.15) is 0 Å². The maximum Gasteiger partial charge on any atom is 0.338 e. The largest absolute Gasteiger partial charge is 0.494 e. The number of nitrogens with one attached hydrogen (secondary N) is 1. The molecule has 28 heavy (non-hydrogen) atoms. The first-order chi connectivity index (χ1) is 13.4. The third kappa shape index (κ3) is 6.49. The highest BCUT2D eigenvalue weighted by Gasteiger charge is 2.22. The summed E-state index contributed by atoms with van der Waals surface area (Å²) < 4.78 is 10.9. The van der Waals surface area contributed by atoms with E-state index in [1.165, 1.54) is 18.3 Å². The normalized spacial score (nSPS) is 11.5. The minimum Gasteiger partial charge on any atom is -0.494 e. The molecule has 0 aliphatic heterocycles. The average Bonchev–Trinajstić information content (AvgIpc) is 3.15. The fourth-order valence-electron chi connectivity index (χ4n) is 2.32. The monoisotopic (exact) mass is 403 g/mol. The molecule has 6 nitrogen and oxygen atoms in total. The third-order valence-electron chi connectivity index (χ3n) is 3.93. The zero-order valence-electron chi connectivity index (χ0n) is 16.3. The van der Waals surface area contributed by atoms with E-state index >= 15 is 0 Å². The van der Waals surface area contributed by atoms with E-state index in [-0.39, 0.29) is 11.7 Å². The van der Waals surface area contributed by atoms with Crippen molar-refractivity contribution in [3.63, 3.8) is 0 Å². The maximum atomic E-state index is 12.5. The number of hydrogen-bond acceptors (Lipinski definition) is 6. The van der Waals surface area contributed by atoms with Gasteiger partial charge in [-0.1, -0.05) is 13.3 Å². The molecule has 1 unspecified atom stereocenters. The van der Waals surface area contributed by atoms with Gasteiger partial charge in [0.25, 0.3) is 0 Å². The predicted octanol–water partition coefficient (Wildman–Crippen LogP) is 3.99. The number of benzene rings is 1. The van der Waals surface area contributed by atoms with Crippen LogP contribution in [0.5, 0.6) is 5.75 Å². The second-order valence-corrected chi connectivity index (χ2v) is 7.48. The molecule has 0 aliphatic carbocycles. The van der Waals surface area contributed by atoms with Gasteiger partial charge in [0.2, 0.25) is 11.7 Å². The van der Waals surface area contributed by atoms with E-state index in [4.69, 9.17) is 9.47 Å². The van der Waals surface area contributed by atoms with Gasteiger partial charge in [-0.25, -0.2) is 4.79 Å². The van der Waals surface area contributed by atoms with Crippen molar-refractivity contribution >= 4 is 29.0 Å². The highest BCUT2D eigenvalue weighted by Crippen LogP contribution is 2.20. The van der Waals surface area contributed by atoms with Crippen molar-refractivity contribution in [1.82, 2.24) is 5.32 Å². The molecule has 0 saturated heterocycles. The minimum atomic E-state index is -0.903. The summed E-state index contributed by atoms with van der Waals surface area (Å²) in [5, 5.41) is 2.68. The lowest BCUT2D eigenvalue weighted by Gasteiger charge is -2.12. The summed E-state index contributed by atoms with van der Waals surface area (Å²) in [5.41, 5.74) is 0.361.